The minimum absolute atomic E-state index is 0.178. The highest BCUT2D eigenvalue weighted by atomic mass is 32.2. The molecule has 0 spiro atoms. The van der Waals surface area contributed by atoms with Crippen molar-refractivity contribution in [2.45, 2.75) is 89.9 Å². The van der Waals surface area contributed by atoms with Crippen LogP contribution in [0.25, 0.3) is 0 Å². The highest BCUT2D eigenvalue weighted by molar-refractivity contribution is 7.85. The summed E-state index contributed by atoms with van der Waals surface area (Å²) in [6.45, 7) is 10.1. The molecule has 0 atom stereocenters. The molecule has 0 aliphatic carbocycles. The number of likely N-dealkylation sites (N-methyl/N-ethyl adjacent to an activating group) is 1. The first-order valence-corrected chi connectivity index (χ1v) is 13.0. The Morgan fingerprint density at radius 1 is 0.900 bits per heavy atom. The van der Waals surface area contributed by atoms with Crippen LogP contribution in [0.15, 0.2) is 29.2 Å². The smallest absolute Gasteiger partial charge is 0.243 e. The lowest BCUT2D eigenvalue weighted by atomic mass is 10.1. The van der Waals surface area contributed by atoms with Crippen molar-refractivity contribution in [2.24, 2.45) is 0 Å². The van der Waals surface area contributed by atoms with Gasteiger partial charge in [-0.3, -0.25) is 9.48 Å². The molecular formula is C24H42N2O3S. The predicted octanol–water partition coefficient (Wildman–Crippen LogP) is 5.18. The van der Waals surface area contributed by atoms with E-state index in [9.17, 15) is 13.0 Å². The monoisotopic (exact) mass is 438 g/mol. The van der Waals surface area contributed by atoms with Crippen molar-refractivity contribution in [3.63, 3.8) is 0 Å². The number of rotatable bonds is 12. The van der Waals surface area contributed by atoms with Crippen LogP contribution in [0.3, 0.4) is 0 Å². The van der Waals surface area contributed by atoms with E-state index in [-0.39, 0.29) is 4.90 Å². The number of hydrogen-bond acceptors (Lipinski definition) is 4. The van der Waals surface area contributed by atoms with Gasteiger partial charge >= 0.3 is 0 Å². The lowest BCUT2D eigenvalue weighted by Crippen LogP contribution is -2.27. The molecule has 0 unspecified atom stereocenters. The van der Waals surface area contributed by atoms with E-state index in [0.717, 1.165) is 5.56 Å². The molecule has 1 heterocycles. The summed E-state index contributed by atoms with van der Waals surface area (Å²) >= 11 is 0. The molecule has 6 heteroatoms. The van der Waals surface area contributed by atoms with E-state index in [1.165, 1.54) is 102 Å². The van der Waals surface area contributed by atoms with Gasteiger partial charge in [0.2, 0.25) is 5.84 Å². The molecule has 1 aromatic carbocycles. The largest absolute Gasteiger partial charge is 0.744 e. The summed E-state index contributed by atoms with van der Waals surface area (Å²) in [5.74, 6) is 1.47. The second-order valence-electron chi connectivity index (χ2n) is 8.40. The lowest BCUT2D eigenvalue weighted by Gasteiger charge is -2.10. The third-order valence-corrected chi connectivity index (χ3v) is 6.66. The van der Waals surface area contributed by atoms with Gasteiger partial charge in [-0.25, -0.2) is 8.42 Å². The number of unbranched alkanes of at least 4 members (excludes halogenated alkanes) is 9. The van der Waals surface area contributed by atoms with Crippen molar-refractivity contribution in [2.75, 3.05) is 26.7 Å². The molecule has 0 fully saturated rings. The van der Waals surface area contributed by atoms with Gasteiger partial charge in [0, 0.05) is 6.92 Å². The lowest BCUT2D eigenvalue weighted by molar-refractivity contribution is -0.487. The van der Waals surface area contributed by atoms with E-state index < -0.39 is 10.1 Å². The molecule has 172 valence electrons. The maximum atomic E-state index is 10.4. The maximum absolute atomic E-state index is 10.4. The minimum Gasteiger partial charge on any atom is -0.744 e. The van der Waals surface area contributed by atoms with Gasteiger partial charge in [0.15, 0.2) is 0 Å². The van der Waals surface area contributed by atoms with Gasteiger partial charge in [0.1, 0.15) is 23.2 Å². The second kappa shape index (κ2) is 14.6. The molecule has 2 rings (SSSR count). The van der Waals surface area contributed by atoms with Gasteiger partial charge in [0.25, 0.3) is 0 Å². The molecule has 0 saturated carbocycles. The zero-order chi connectivity index (χ0) is 22.4. The van der Waals surface area contributed by atoms with E-state index in [1.54, 1.807) is 12.1 Å². The van der Waals surface area contributed by atoms with Crippen molar-refractivity contribution in [3.05, 3.63) is 29.8 Å². The number of benzene rings is 1. The summed E-state index contributed by atoms with van der Waals surface area (Å²) in [4.78, 5) is 2.37. The fourth-order valence-electron chi connectivity index (χ4n) is 3.60. The van der Waals surface area contributed by atoms with Crippen LogP contribution in [0.2, 0.25) is 0 Å². The molecule has 1 aromatic rings. The standard InChI is InChI=1S/C17H35N2.C7H8O3S/c1-4-5-6-7-8-9-10-11-12-13-14-19-16-15-18(3)17(19)2;1-6-2-4-7(5-3-6)11(8,9)10/h4-16H2,1-3H3;2-5H,1H3,(H,8,9,10)/q+1;/p-1. The van der Waals surface area contributed by atoms with Gasteiger partial charge in [-0.2, -0.15) is 0 Å². The van der Waals surface area contributed by atoms with Crippen LogP contribution in [-0.2, 0) is 10.1 Å². The Morgan fingerprint density at radius 2 is 1.40 bits per heavy atom. The molecule has 0 amide bonds. The average Bonchev–Trinajstić information content (AvgIpc) is 3.02. The van der Waals surface area contributed by atoms with Crippen LogP contribution in [0, 0.1) is 6.92 Å². The van der Waals surface area contributed by atoms with E-state index in [4.69, 9.17) is 0 Å². The Balaban J connectivity index is 0.000000346. The molecule has 0 N–H and O–H groups in total. The molecule has 0 bridgehead atoms. The summed E-state index contributed by atoms with van der Waals surface area (Å²) in [6.07, 6.45) is 14.3. The molecule has 5 nitrogen and oxygen atoms in total. The first-order chi connectivity index (χ1) is 14.3. The summed E-state index contributed by atoms with van der Waals surface area (Å²) in [5.41, 5.74) is 0.928. The summed E-state index contributed by atoms with van der Waals surface area (Å²) < 4.78 is 33.5. The fourth-order valence-corrected chi connectivity index (χ4v) is 4.07. The Hall–Kier alpha value is -1.40. The molecule has 0 radical (unpaired) electrons. The fraction of sp³-hybridized carbons (Fsp3) is 0.708. The van der Waals surface area contributed by atoms with Crippen LogP contribution in [0.1, 0.15) is 83.6 Å². The molecular weight excluding hydrogens is 396 g/mol. The summed E-state index contributed by atoms with van der Waals surface area (Å²) in [5, 5.41) is 0. The third kappa shape index (κ3) is 11.1. The van der Waals surface area contributed by atoms with E-state index in [0.29, 0.717) is 0 Å². The van der Waals surface area contributed by atoms with Gasteiger partial charge in [-0.15, -0.1) is 0 Å². The van der Waals surface area contributed by atoms with Crippen molar-refractivity contribution in [1.82, 2.24) is 4.90 Å². The normalized spacial score (nSPS) is 14.1. The van der Waals surface area contributed by atoms with Crippen LogP contribution < -0.4 is 0 Å². The van der Waals surface area contributed by atoms with Crippen LogP contribution >= 0.6 is 0 Å². The Kier molecular flexibility index (Phi) is 12.9. The van der Waals surface area contributed by atoms with Crippen molar-refractivity contribution in [3.8, 4) is 0 Å². The molecule has 1 aliphatic rings. The van der Waals surface area contributed by atoms with Gasteiger partial charge in [-0.1, -0.05) is 76.0 Å². The SMILES string of the molecule is CCCCCCCCCCCCN1CC[N+](C)=C1C.Cc1ccc(S(=O)(=O)[O-])cc1. The molecule has 1 aliphatic heterocycles. The predicted molar refractivity (Wildman–Crippen MR) is 124 cm³/mol. The van der Waals surface area contributed by atoms with Crippen molar-refractivity contribution < 1.29 is 17.5 Å². The van der Waals surface area contributed by atoms with Crippen LogP contribution in [0.5, 0.6) is 0 Å². The number of nitrogens with zero attached hydrogens (tertiary/aromatic N) is 2. The van der Waals surface area contributed by atoms with E-state index >= 15 is 0 Å². The minimum atomic E-state index is -4.27. The second-order valence-corrected chi connectivity index (χ2v) is 9.78. The van der Waals surface area contributed by atoms with E-state index in [2.05, 4.69) is 30.4 Å². The highest BCUT2D eigenvalue weighted by Crippen LogP contribution is 2.11. The van der Waals surface area contributed by atoms with Crippen molar-refractivity contribution in [1.29, 1.82) is 0 Å². The Labute approximate surface area is 184 Å². The number of amidine groups is 1. The Morgan fingerprint density at radius 3 is 1.83 bits per heavy atom. The van der Waals surface area contributed by atoms with Crippen LogP contribution in [-0.4, -0.2) is 55.0 Å². The molecule has 0 saturated heterocycles. The third-order valence-electron chi connectivity index (χ3n) is 5.81. The van der Waals surface area contributed by atoms with Gasteiger partial charge in [0.05, 0.1) is 18.5 Å². The van der Waals surface area contributed by atoms with Crippen LogP contribution in [0.4, 0.5) is 0 Å². The van der Waals surface area contributed by atoms with Gasteiger partial charge in [-0.05, 0) is 31.9 Å². The highest BCUT2D eigenvalue weighted by Gasteiger charge is 2.22. The average molecular weight is 439 g/mol. The number of aryl methyl sites for hydroxylation is 1. The first-order valence-electron chi connectivity index (χ1n) is 11.6. The summed E-state index contributed by atoms with van der Waals surface area (Å²) in [6, 6.07) is 5.78. The topological polar surface area (TPSA) is 63.5 Å². The maximum Gasteiger partial charge on any atom is 0.243 e. The Bertz CT molecular complexity index is 727. The zero-order valence-electron chi connectivity index (χ0n) is 19.5. The van der Waals surface area contributed by atoms with Gasteiger partial charge < -0.3 is 4.55 Å². The molecule has 0 aromatic heterocycles. The van der Waals surface area contributed by atoms with Crippen molar-refractivity contribution >= 4 is 16.0 Å². The van der Waals surface area contributed by atoms with E-state index in [1.807, 2.05) is 6.92 Å². The number of hydrogen-bond donors (Lipinski definition) is 0. The first kappa shape index (κ1) is 26.6. The quantitative estimate of drug-likeness (QED) is 0.256. The molecule has 30 heavy (non-hydrogen) atoms. The summed E-state index contributed by atoms with van der Waals surface area (Å²) in [7, 11) is -2.07. The zero-order valence-corrected chi connectivity index (χ0v) is 20.3.